The van der Waals surface area contributed by atoms with Crippen LogP contribution in [0.25, 0.3) is 0 Å². The molecule has 0 spiro atoms. The van der Waals surface area contributed by atoms with E-state index in [2.05, 4.69) is 9.36 Å². The first-order valence-electron chi connectivity index (χ1n) is 4.57. The number of nitrogens with zero attached hydrogens (tertiary/aromatic N) is 2. The number of hydrogen-bond donors (Lipinski definition) is 1. The van der Waals surface area contributed by atoms with Crippen LogP contribution in [0, 0.1) is 12.7 Å². The molecule has 0 fully saturated rings. The van der Waals surface area contributed by atoms with E-state index >= 15 is 0 Å². The maximum atomic E-state index is 13.6. The van der Waals surface area contributed by atoms with Gasteiger partial charge in [0, 0.05) is 0 Å². The lowest BCUT2D eigenvalue weighted by Crippen LogP contribution is -1.91. The predicted molar refractivity (Wildman–Crippen MR) is 61.1 cm³/mol. The lowest BCUT2D eigenvalue weighted by atomic mass is 10.2. The summed E-state index contributed by atoms with van der Waals surface area (Å²) >= 11 is 2.42. The Bertz CT molecular complexity index is 501. The van der Waals surface area contributed by atoms with Crippen LogP contribution in [0.4, 0.5) is 4.39 Å². The molecule has 0 aliphatic rings. The second-order valence-corrected chi connectivity index (χ2v) is 5.11. The second-order valence-electron chi connectivity index (χ2n) is 3.10. The molecule has 1 aromatic heterocycles. The molecule has 0 aliphatic heterocycles. The molecule has 1 heterocycles. The topological polar surface area (TPSA) is 46.0 Å². The number of halogens is 1. The molecular formula is C10H9FN2OS2. The van der Waals surface area contributed by atoms with Crippen molar-refractivity contribution >= 4 is 23.3 Å². The average molecular weight is 256 g/mol. The summed E-state index contributed by atoms with van der Waals surface area (Å²) in [5, 5.41) is 9.11. The molecule has 0 saturated heterocycles. The van der Waals surface area contributed by atoms with E-state index in [1.54, 1.807) is 19.1 Å². The highest BCUT2D eigenvalue weighted by atomic mass is 32.2. The molecule has 0 saturated carbocycles. The molecule has 16 heavy (non-hydrogen) atoms. The average Bonchev–Trinajstić information content (AvgIpc) is 2.67. The van der Waals surface area contributed by atoms with Gasteiger partial charge >= 0.3 is 0 Å². The van der Waals surface area contributed by atoms with E-state index in [0.717, 1.165) is 0 Å². The number of benzene rings is 1. The summed E-state index contributed by atoms with van der Waals surface area (Å²) in [6.07, 6.45) is 0. The maximum absolute atomic E-state index is 13.6. The number of aromatic nitrogens is 2. The van der Waals surface area contributed by atoms with Gasteiger partial charge in [-0.05, 0) is 30.1 Å². The molecule has 0 unspecified atom stereocenters. The monoisotopic (exact) mass is 256 g/mol. The Balaban J connectivity index is 2.33. The zero-order valence-electron chi connectivity index (χ0n) is 8.48. The molecule has 0 bridgehead atoms. The molecule has 6 heteroatoms. The Labute approximate surface area is 101 Å². The van der Waals surface area contributed by atoms with Crippen LogP contribution < -0.4 is 0 Å². The van der Waals surface area contributed by atoms with E-state index in [4.69, 9.17) is 5.11 Å². The third-order valence-corrected chi connectivity index (χ3v) is 3.92. The summed E-state index contributed by atoms with van der Waals surface area (Å²) in [6.45, 7) is 1.60. The molecular weight excluding hydrogens is 247 g/mol. The quantitative estimate of drug-likeness (QED) is 0.917. The number of aryl methyl sites for hydroxylation is 1. The Morgan fingerprint density at radius 1 is 1.50 bits per heavy atom. The summed E-state index contributed by atoms with van der Waals surface area (Å²) in [6, 6.07) is 4.64. The van der Waals surface area contributed by atoms with Crippen LogP contribution in [0.1, 0.15) is 11.4 Å². The van der Waals surface area contributed by atoms with Crippen LogP contribution >= 0.6 is 23.3 Å². The van der Waals surface area contributed by atoms with E-state index in [1.807, 2.05) is 0 Å². The standard InChI is InChI=1S/C10H9FN2OS2/c1-6-12-10(16-13-6)15-9-7(5-14)3-2-4-8(9)11/h2-4,14H,5H2,1H3. The number of hydrogen-bond acceptors (Lipinski definition) is 5. The van der Waals surface area contributed by atoms with Gasteiger partial charge in [-0.15, -0.1) is 0 Å². The van der Waals surface area contributed by atoms with Gasteiger partial charge in [-0.25, -0.2) is 9.37 Å². The summed E-state index contributed by atoms with van der Waals surface area (Å²) in [7, 11) is 0. The fourth-order valence-corrected chi connectivity index (χ4v) is 2.92. The van der Waals surface area contributed by atoms with Gasteiger partial charge in [0.05, 0.1) is 11.5 Å². The van der Waals surface area contributed by atoms with Crippen molar-refractivity contribution in [3.63, 3.8) is 0 Å². The molecule has 3 nitrogen and oxygen atoms in total. The van der Waals surface area contributed by atoms with Crippen molar-refractivity contribution in [2.45, 2.75) is 22.8 Å². The highest BCUT2D eigenvalue weighted by Crippen LogP contribution is 2.33. The van der Waals surface area contributed by atoms with Gasteiger partial charge in [0.2, 0.25) is 0 Å². The first-order chi connectivity index (χ1) is 7.70. The molecule has 1 N–H and O–H groups in total. The van der Waals surface area contributed by atoms with Gasteiger partial charge in [-0.3, -0.25) is 0 Å². The summed E-state index contributed by atoms with van der Waals surface area (Å²) in [5.74, 6) is 0.332. The largest absolute Gasteiger partial charge is 0.392 e. The first kappa shape index (κ1) is 11.5. The summed E-state index contributed by atoms with van der Waals surface area (Å²) in [4.78, 5) is 4.56. The molecule has 0 aliphatic carbocycles. The minimum atomic E-state index is -0.343. The summed E-state index contributed by atoms with van der Waals surface area (Å²) in [5.41, 5.74) is 0.567. The van der Waals surface area contributed by atoms with Crippen LogP contribution in [0.15, 0.2) is 27.4 Å². The minimum absolute atomic E-state index is 0.183. The van der Waals surface area contributed by atoms with Gasteiger partial charge in [0.25, 0.3) is 0 Å². The SMILES string of the molecule is Cc1nsc(Sc2c(F)cccc2CO)n1. The number of rotatable bonds is 3. The second kappa shape index (κ2) is 4.90. The molecule has 0 radical (unpaired) electrons. The Kier molecular flexibility index (Phi) is 3.52. The third kappa shape index (κ3) is 2.40. The highest BCUT2D eigenvalue weighted by molar-refractivity contribution is 8.01. The van der Waals surface area contributed by atoms with Gasteiger partial charge < -0.3 is 5.11 Å². The van der Waals surface area contributed by atoms with Crippen LogP contribution in [0.3, 0.4) is 0 Å². The van der Waals surface area contributed by atoms with Crippen molar-refractivity contribution in [2.75, 3.05) is 0 Å². The van der Waals surface area contributed by atoms with Crippen molar-refractivity contribution in [2.24, 2.45) is 0 Å². The van der Waals surface area contributed by atoms with Crippen LogP contribution in [0.2, 0.25) is 0 Å². The zero-order chi connectivity index (χ0) is 11.5. The number of aliphatic hydroxyl groups excluding tert-OH is 1. The van der Waals surface area contributed by atoms with Gasteiger partial charge in [0.1, 0.15) is 11.6 Å². The Hall–Kier alpha value is -0.980. The van der Waals surface area contributed by atoms with Crippen molar-refractivity contribution in [1.29, 1.82) is 0 Å². The number of aliphatic hydroxyl groups is 1. The normalized spacial score (nSPS) is 10.7. The van der Waals surface area contributed by atoms with Crippen molar-refractivity contribution < 1.29 is 9.50 Å². The fraction of sp³-hybridized carbons (Fsp3) is 0.200. The molecule has 2 aromatic rings. The van der Waals surface area contributed by atoms with Crippen molar-refractivity contribution in [3.05, 3.63) is 35.4 Å². The van der Waals surface area contributed by atoms with E-state index in [-0.39, 0.29) is 12.4 Å². The van der Waals surface area contributed by atoms with Gasteiger partial charge in [-0.2, -0.15) is 4.37 Å². The van der Waals surface area contributed by atoms with Crippen LogP contribution in [-0.4, -0.2) is 14.5 Å². The Morgan fingerprint density at radius 2 is 2.31 bits per heavy atom. The van der Waals surface area contributed by atoms with E-state index in [9.17, 15) is 4.39 Å². The van der Waals surface area contributed by atoms with Gasteiger partial charge in [0.15, 0.2) is 4.34 Å². The fourth-order valence-electron chi connectivity index (χ4n) is 1.20. The first-order valence-corrected chi connectivity index (χ1v) is 6.16. The maximum Gasteiger partial charge on any atom is 0.174 e. The van der Waals surface area contributed by atoms with E-state index < -0.39 is 0 Å². The lowest BCUT2D eigenvalue weighted by Gasteiger charge is -2.05. The van der Waals surface area contributed by atoms with Crippen molar-refractivity contribution in [1.82, 2.24) is 9.36 Å². The summed E-state index contributed by atoms with van der Waals surface area (Å²) < 4.78 is 18.3. The molecule has 0 amide bonds. The third-order valence-electron chi connectivity index (χ3n) is 1.92. The zero-order valence-corrected chi connectivity index (χ0v) is 10.1. The Morgan fingerprint density at radius 3 is 2.94 bits per heavy atom. The smallest absolute Gasteiger partial charge is 0.174 e. The highest BCUT2D eigenvalue weighted by Gasteiger charge is 2.11. The van der Waals surface area contributed by atoms with Crippen LogP contribution in [0.5, 0.6) is 0 Å². The lowest BCUT2D eigenvalue weighted by molar-refractivity contribution is 0.277. The van der Waals surface area contributed by atoms with Crippen molar-refractivity contribution in [3.8, 4) is 0 Å². The molecule has 0 atom stereocenters. The molecule has 84 valence electrons. The minimum Gasteiger partial charge on any atom is -0.392 e. The molecule has 2 rings (SSSR count). The van der Waals surface area contributed by atoms with E-state index in [0.29, 0.717) is 20.6 Å². The van der Waals surface area contributed by atoms with Crippen LogP contribution in [-0.2, 0) is 6.61 Å². The predicted octanol–water partition coefficient (Wildman–Crippen LogP) is 2.63. The van der Waals surface area contributed by atoms with E-state index in [1.165, 1.54) is 29.4 Å². The molecule has 1 aromatic carbocycles. The van der Waals surface area contributed by atoms with Gasteiger partial charge in [-0.1, -0.05) is 23.9 Å².